The molecule has 5 heteroatoms. The Hall–Kier alpha value is -2.30. The maximum absolute atomic E-state index is 12.7. The van der Waals surface area contributed by atoms with Crippen LogP contribution < -0.4 is 4.74 Å². The molecule has 0 saturated heterocycles. The highest BCUT2D eigenvalue weighted by atomic mass is 16.6. The Morgan fingerprint density at radius 2 is 2.14 bits per heavy atom. The fourth-order valence-electron chi connectivity index (χ4n) is 2.88. The van der Waals surface area contributed by atoms with E-state index in [1.807, 2.05) is 17.9 Å². The van der Waals surface area contributed by atoms with Crippen molar-refractivity contribution < 1.29 is 13.9 Å². The third kappa shape index (κ3) is 2.71. The van der Waals surface area contributed by atoms with Crippen LogP contribution in [0.3, 0.4) is 0 Å². The van der Waals surface area contributed by atoms with Crippen molar-refractivity contribution >= 4 is 5.91 Å². The standard InChI is InChI=1S/C17H20N2O3/c1-3-14-9-12-7-5-6-8-13(12)10-19(14)16(20)15-11-22-17(18-15)21-4-2/h5-8,11,14H,3-4,9-10H2,1-2H3/t14-/m0/s1. The van der Waals surface area contributed by atoms with E-state index < -0.39 is 0 Å². The monoisotopic (exact) mass is 300 g/mol. The largest absolute Gasteiger partial charge is 0.450 e. The number of oxazole rings is 1. The molecule has 1 aromatic heterocycles. The number of benzene rings is 1. The summed E-state index contributed by atoms with van der Waals surface area (Å²) in [5.74, 6) is -0.101. The van der Waals surface area contributed by atoms with Crippen LogP contribution in [0.1, 0.15) is 41.9 Å². The highest BCUT2D eigenvalue weighted by Crippen LogP contribution is 2.26. The first kappa shape index (κ1) is 14.6. The van der Waals surface area contributed by atoms with Crippen LogP contribution >= 0.6 is 0 Å². The summed E-state index contributed by atoms with van der Waals surface area (Å²) >= 11 is 0. The second-order valence-corrected chi connectivity index (χ2v) is 5.40. The topological polar surface area (TPSA) is 55.6 Å². The molecule has 2 aromatic rings. The van der Waals surface area contributed by atoms with Crippen LogP contribution in [0.2, 0.25) is 0 Å². The second kappa shape index (κ2) is 6.22. The third-order valence-electron chi connectivity index (χ3n) is 4.06. The molecule has 0 N–H and O–H groups in total. The van der Waals surface area contributed by atoms with Crippen molar-refractivity contribution in [3.05, 3.63) is 47.3 Å². The van der Waals surface area contributed by atoms with E-state index in [9.17, 15) is 4.79 Å². The normalized spacial score (nSPS) is 17.2. The number of carbonyl (C=O) groups is 1. The molecule has 1 atom stereocenters. The number of aromatic nitrogens is 1. The molecule has 0 spiro atoms. The minimum atomic E-state index is -0.101. The zero-order valence-electron chi connectivity index (χ0n) is 12.9. The molecule has 0 bridgehead atoms. The highest BCUT2D eigenvalue weighted by molar-refractivity contribution is 5.92. The quantitative estimate of drug-likeness (QED) is 0.871. The Morgan fingerprint density at radius 3 is 2.86 bits per heavy atom. The summed E-state index contributed by atoms with van der Waals surface area (Å²) in [6.45, 7) is 5.03. The van der Waals surface area contributed by atoms with E-state index in [1.165, 1.54) is 17.4 Å². The van der Waals surface area contributed by atoms with Crippen molar-refractivity contribution in [1.29, 1.82) is 0 Å². The molecule has 22 heavy (non-hydrogen) atoms. The number of fused-ring (bicyclic) bond motifs is 1. The fourth-order valence-corrected chi connectivity index (χ4v) is 2.88. The minimum Gasteiger partial charge on any atom is -0.450 e. The SMILES string of the molecule is CCOc1nc(C(=O)N2Cc3ccccc3C[C@@H]2CC)co1. The summed E-state index contributed by atoms with van der Waals surface area (Å²) in [6, 6.07) is 8.47. The lowest BCUT2D eigenvalue weighted by molar-refractivity contribution is 0.0628. The molecule has 1 amide bonds. The average molecular weight is 300 g/mol. The number of hydrogen-bond acceptors (Lipinski definition) is 4. The van der Waals surface area contributed by atoms with Gasteiger partial charge >= 0.3 is 6.08 Å². The van der Waals surface area contributed by atoms with Gasteiger partial charge in [0, 0.05) is 12.6 Å². The Balaban J connectivity index is 1.84. The van der Waals surface area contributed by atoms with Gasteiger partial charge in [0.2, 0.25) is 0 Å². The molecule has 1 aromatic carbocycles. The van der Waals surface area contributed by atoms with E-state index in [0.29, 0.717) is 18.8 Å². The van der Waals surface area contributed by atoms with Gasteiger partial charge in [-0.25, -0.2) is 0 Å². The maximum atomic E-state index is 12.7. The van der Waals surface area contributed by atoms with Crippen LogP contribution in [0.15, 0.2) is 34.9 Å². The van der Waals surface area contributed by atoms with E-state index in [2.05, 4.69) is 30.1 Å². The van der Waals surface area contributed by atoms with Crippen LogP contribution in [0.25, 0.3) is 0 Å². The third-order valence-corrected chi connectivity index (χ3v) is 4.06. The van der Waals surface area contributed by atoms with Crippen molar-refractivity contribution in [2.45, 2.75) is 39.3 Å². The van der Waals surface area contributed by atoms with Crippen LogP contribution in [0, 0.1) is 0 Å². The van der Waals surface area contributed by atoms with Gasteiger partial charge in [0.25, 0.3) is 5.91 Å². The van der Waals surface area contributed by atoms with Gasteiger partial charge in [-0.3, -0.25) is 4.79 Å². The van der Waals surface area contributed by atoms with Crippen LogP contribution in [-0.2, 0) is 13.0 Å². The van der Waals surface area contributed by atoms with Gasteiger partial charge in [-0.2, -0.15) is 4.98 Å². The first-order chi connectivity index (χ1) is 10.7. The molecule has 0 radical (unpaired) electrons. The summed E-state index contributed by atoms with van der Waals surface area (Å²) in [6.07, 6.45) is 3.32. The summed E-state index contributed by atoms with van der Waals surface area (Å²) < 4.78 is 10.4. The number of nitrogens with zero attached hydrogens (tertiary/aromatic N) is 2. The Morgan fingerprint density at radius 1 is 1.36 bits per heavy atom. The fraction of sp³-hybridized carbons (Fsp3) is 0.412. The van der Waals surface area contributed by atoms with E-state index in [-0.39, 0.29) is 18.0 Å². The van der Waals surface area contributed by atoms with Crippen molar-refractivity contribution in [3.63, 3.8) is 0 Å². The Labute approximate surface area is 129 Å². The zero-order valence-corrected chi connectivity index (χ0v) is 12.9. The van der Waals surface area contributed by atoms with Gasteiger partial charge in [-0.05, 0) is 30.9 Å². The molecular weight excluding hydrogens is 280 g/mol. The van der Waals surface area contributed by atoms with Crippen molar-refractivity contribution in [1.82, 2.24) is 9.88 Å². The lowest BCUT2D eigenvalue weighted by Crippen LogP contribution is -2.44. The molecule has 1 aliphatic rings. The van der Waals surface area contributed by atoms with Gasteiger partial charge in [-0.15, -0.1) is 0 Å². The number of ether oxygens (including phenoxy) is 1. The van der Waals surface area contributed by atoms with Crippen molar-refractivity contribution in [3.8, 4) is 6.08 Å². The molecule has 116 valence electrons. The highest BCUT2D eigenvalue weighted by Gasteiger charge is 2.30. The molecular formula is C17H20N2O3. The molecule has 2 heterocycles. The van der Waals surface area contributed by atoms with E-state index >= 15 is 0 Å². The van der Waals surface area contributed by atoms with E-state index in [4.69, 9.17) is 9.15 Å². The van der Waals surface area contributed by atoms with Gasteiger partial charge in [0.05, 0.1) is 6.61 Å². The van der Waals surface area contributed by atoms with Crippen molar-refractivity contribution in [2.75, 3.05) is 6.61 Å². The number of carbonyl (C=O) groups excluding carboxylic acids is 1. The number of amides is 1. The summed E-state index contributed by atoms with van der Waals surface area (Å²) in [4.78, 5) is 18.7. The first-order valence-corrected chi connectivity index (χ1v) is 7.69. The molecule has 3 rings (SSSR count). The minimum absolute atomic E-state index is 0.101. The zero-order chi connectivity index (χ0) is 15.5. The van der Waals surface area contributed by atoms with Crippen molar-refractivity contribution in [2.24, 2.45) is 0 Å². The lowest BCUT2D eigenvalue weighted by Gasteiger charge is -2.36. The lowest BCUT2D eigenvalue weighted by atomic mass is 9.92. The molecule has 0 aliphatic carbocycles. The van der Waals surface area contributed by atoms with Crippen LogP contribution in [0.5, 0.6) is 6.08 Å². The van der Waals surface area contributed by atoms with Gasteiger partial charge in [0.1, 0.15) is 6.26 Å². The molecule has 0 unspecified atom stereocenters. The number of hydrogen-bond donors (Lipinski definition) is 0. The molecule has 1 aliphatic heterocycles. The molecule has 0 saturated carbocycles. The first-order valence-electron chi connectivity index (χ1n) is 7.69. The summed E-state index contributed by atoms with van der Waals surface area (Å²) in [5, 5.41) is 0. The van der Waals surface area contributed by atoms with Crippen LogP contribution in [-0.4, -0.2) is 28.4 Å². The smallest absolute Gasteiger partial charge is 0.394 e. The summed E-state index contributed by atoms with van der Waals surface area (Å²) in [7, 11) is 0. The maximum Gasteiger partial charge on any atom is 0.394 e. The summed E-state index contributed by atoms with van der Waals surface area (Å²) in [5.41, 5.74) is 2.84. The Bertz CT molecular complexity index is 665. The average Bonchev–Trinajstić information content (AvgIpc) is 3.02. The van der Waals surface area contributed by atoms with Gasteiger partial charge in [-0.1, -0.05) is 31.2 Å². The van der Waals surface area contributed by atoms with Crippen LogP contribution in [0.4, 0.5) is 0 Å². The van der Waals surface area contributed by atoms with E-state index in [0.717, 1.165) is 12.8 Å². The van der Waals surface area contributed by atoms with Gasteiger partial charge < -0.3 is 14.1 Å². The second-order valence-electron chi connectivity index (χ2n) is 5.40. The Kier molecular flexibility index (Phi) is 4.13. The predicted molar refractivity (Wildman–Crippen MR) is 81.8 cm³/mol. The number of rotatable bonds is 4. The molecule has 0 fully saturated rings. The molecule has 5 nitrogen and oxygen atoms in total. The predicted octanol–water partition coefficient (Wildman–Crippen LogP) is 3.05. The van der Waals surface area contributed by atoms with Gasteiger partial charge in [0.15, 0.2) is 5.69 Å². The van der Waals surface area contributed by atoms with E-state index in [1.54, 1.807) is 0 Å².